The third-order valence-corrected chi connectivity index (χ3v) is 4.13. The topological polar surface area (TPSA) is 49.0 Å². The SMILES string of the molecule is CC1(C)CCCN(c2nc[nH]c(=O)c2Br)CC1. The maximum atomic E-state index is 11.5. The highest BCUT2D eigenvalue weighted by atomic mass is 79.9. The van der Waals surface area contributed by atoms with E-state index in [0.717, 1.165) is 31.7 Å². The molecule has 1 aliphatic rings. The molecule has 0 unspecified atom stereocenters. The number of rotatable bonds is 1. The highest BCUT2D eigenvalue weighted by Crippen LogP contribution is 2.32. The smallest absolute Gasteiger partial charge is 0.267 e. The molecule has 0 aliphatic carbocycles. The van der Waals surface area contributed by atoms with E-state index in [-0.39, 0.29) is 5.56 Å². The fraction of sp³-hybridized carbons (Fsp3) is 0.667. The fourth-order valence-corrected chi connectivity index (χ4v) is 2.70. The number of nitrogens with zero attached hydrogens (tertiary/aromatic N) is 2. The van der Waals surface area contributed by atoms with Crippen LogP contribution in [0.3, 0.4) is 0 Å². The van der Waals surface area contributed by atoms with Crippen molar-refractivity contribution in [1.82, 2.24) is 9.97 Å². The van der Waals surface area contributed by atoms with Crippen molar-refractivity contribution in [2.24, 2.45) is 5.41 Å². The number of H-pyrrole nitrogens is 1. The molecule has 0 atom stereocenters. The van der Waals surface area contributed by atoms with Gasteiger partial charge in [-0.2, -0.15) is 0 Å². The molecule has 94 valence electrons. The molecule has 0 radical (unpaired) electrons. The molecular weight excluding hydrogens is 282 g/mol. The van der Waals surface area contributed by atoms with Crippen LogP contribution in [0.4, 0.5) is 5.82 Å². The number of hydrogen-bond donors (Lipinski definition) is 1. The summed E-state index contributed by atoms with van der Waals surface area (Å²) in [5, 5.41) is 0. The van der Waals surface area contributed by atoms with Gasteiger partial charge in [-0.1, -0.05) is 13.8 Å². The molecule has 1 aromatic heterocycles. The molecule has 1 aliphatic heterocycles. The zero-order valence-corrected chi connectivity index (χ0v) is 11.9. The van der Waals surface area contributed by atoms with Crippen molar-refractivity contribution in [2.75, 3.05) is 18.0 Å². The summed E-state index contributed by atoms with van der Waals surface area (Å²) in [5.41, 5.74) is 0.279. The van der Waals surface area contributed by atoms with Crippen LogP contribution in [0.2, 0.25) is 0 Å². The lowest BCUT2D eigenvalue weighted by atomic mass is 9.85. The molecule has 0 saturated carbocycles. The van der Waals surface area contributed by atoms with E-state index in [9.17, 15) is 4.79 Å². The summed E-state index contributed by atoms with van der Waals surface area (Å²) >= 11 is 3.32. The van der Waals surface area contributed by atoms with Gasteiger partial charge in [0.2, 0.25) is 0 Å². The van der Waals surface area contributed by atoms with Crippen LogP contribution < -0.4 is 10.5 Å². The summed E-state index contributed by atoms with van der Waals surface area (Å²) < 4.78 is 0.541. The predicted octanol–water partition coefficient (Wildman–Crippen LogP) is 2.55. The molecule has 2 heterocycles. The Morgan fingerprint density at radius 1 is 1.41 bits per heavy atom. The number of halogens is 1. The molecule has 1 saturated heterocycles. The van der Waals surface area contributed by atoms with E-state index < -0.39 is 0 Å². The minimum atomic E-state index is -0.112. The maximum absolute atomic E-state index is 11.5. The van der Waals surface area contributed by atoms with E-state index in [4.69, 9.17) is 0 Å². The molecule has 4 nitrogen and oxygen atoms in total. The lowest BCUT2D eigenvalue weighted by Gasteiger charge is -2.24. The molecule has 1 fully saturated rings. The van der Waals surface area contributed by atoms with Crippen LogP contribution in [0.25, 0.3) is 0 Å². The van der Waals surface area contributed by atoms with Gasteiger partial charge in [-0.3, -0.25) is 4.79 Å². The van der Waals surface area contributed by atoms with Gasteiger partial charge in [-0.25, -0.2) is 4.98 Å². The monoisotopic (exact) mass is 299 g/mol. The minimum Gasteiger partial charge on any atom is -0.355 e. The van der Waals surface area contributed by atoms with Gasteiger partial charge in [0.15, 0.2) is 0 Å². The molecule has 17 heavy (non-hydrogen) atoms. The lowest BCUT2D eigenvalue weighted by Crippen LogP contribution is -2.28. The van der Waals surface area contributed by atoms with E-state index >= 15 is 0 Å². The summed E-state index contributed by atoms with van der Waals surface area (Å²) in [4.78, 5) is 20.6. The standard InChI is InChI=1S/C12H18BrN3O/c1-12(2)4-3-6-16(7-5-12)10-9(13)11(17)15-8-14-10/h8H,3-7H2,1-2H3,(H,14,15,17). The molecule has 0 aromatic carbocycles. The van der Waals surface area contributed by atoms with Gasteiger partial charge in [0.25, 0.3) is 5.56 Å². The van der Waals surface area contributed by atoms with Crippen LogP contribution in [0, 0.1) is 5.41 Å². The van der Waals surface area contributed by atoms with Gasteiger partial charge >= 0.3 is 0 Å². The van der Waals surface area contributed by atoms with Crippen LogP contribution in [-0.2, 0) is 0 Å². The van der Waals surface area contributed by atoms with Crippen molar-refractivity contribution in [2.45, 2.75) is 33.1 Å². The number of aromatic amines is 1. The second-order valence-corrected chi connectivity index (χ2v) is 6.17. The summed E-state index contributed by atoms with van der Waals surface area (Å²) in [6.45, 7) is 6.54. The Hall–Kier alpha value is -0.840. The van der Waals surface area contributed by atoms with E-state index in [2.05, 4.69) is 44.6 Å². The predicted molar refractivity (Wildman–Crippen MR) is 72.4 cm³/mol. The van der Waals surface area contributed by atoms with E-state index in [1.165, 1.54) is 12.7 Å². The largest absolute Gasteiger partial charge is 0.355 e. The van der Waals surface area contributed by atoms with Crippen LogP contribution in [-0.4, -0.2) is 23.1 Å². The van der Waals surface area contributed by atoms with Crippen molar-refractivity contribution in [1.29, 1.82) is 0 Å². The zero-order valence-electron chi connectivity index (χ0n) is 10.3. The summed E-state index contributed by atoms with van der Waals surface area (Å²) in [7, 11) is 0. The third-order valence-electron chi connectivity index (χ3n) is 3.42. The number of nitrogens with one attached hydrogen (secondary N) is 1. The minimum absolute atomic E-state index is 0.112. The maximum Gasteiger partial charge on any atom is 0.267 e. The molecule has 0 amide bonds. The first-order chi connectivity index (χ1) is 7.99. The normalized spacial score (nSPS) is 20.1. The quantitative estimate of drug-likeness (QED) is 0.867. The highest BCUT2D eigenvalue weighted by Gasteiger charge is 2.24. The highest BCUT2D eigenvalue weighted by molar-refractivity contribution is 9.10. The molecule has 0 spiro atoms. The third kappa shape index (κ3) is 2.89. The second kappa shape index (κ2) is 4.80. The Morgan fingerprint density at radius 3 is 2.94 bits per heavy atom. The molecular formula is C12H18BrN3O. The van der Waals surface area contributed by atoms with E-state index in [1.54, 1.807) is 0 Å². The van der Waals surface area contributed by atoms with Gasteiger partial charge in [0.05, 0.1) is 6.33 Å². The molecule has 0 bridgehead atoms. The van der Waals surface area contributed by atoms with E-state index in [1.807, 2.05) is 0 Å². The first kappa shape index (κ1) is 12.6. The molecule has 2 rings (SSSR count). The van der Waals surface area contributed by atoms with Crippen LogP contribution in [0.5, 0.6) is 0 Å². The lowest BCUT2D eigenvalue weighted by molar-refractivity contribution is 0.325. The van der Waals surface area contributed by atoms with Crippen molar-refractivity contribution >= 4 is 21.7 Å². The van der Waals surface area contributed by atoms with Crippen molar-refractivity contribution < 1.29 is 0 Å². The first-order valence-electron chi connectivity index (χ1n) is 5.98. The van der Waals surface area contributed by atoms with Gasteiger partial charge in [-0.05, 0) is 40.6 Å². The fourth-order valence-electron chi connectivity index (χ4n) is 2.23. The molecule has 5 heteroatoms. The van der Waals surface area contributed by atoms with Crippen LogP contribution in [0.1, 0.15) is 33.1 Å². The average molecular weight is 300 g/mol. The molecule has 1 N–H and O–H groups in total. The Labute approximate surface area is 110 Å². The second-order valence-electron chi connectivity index (χ2n) is 5.37. The molecule has 1 aromatic rings. The Balaban J connectivity index is 2.23. The van der Waals surface area contributed by atoms with E-state index in [0.29, 0.717) is 9.89 Å². The van der Waals surface area contributed by atoms with Gasteiger partial charge in [-0.15, -0.1) is 0 Å². The zero-order chi connectivity index (χ0) is 12.5. The first-order valence-corrected chi connectivity index (χ1v) is 6.77. The average Bonchev–Trinajstić information content (AvgIpc) is 2.44. The Morgan fingerprint density at radius 2 is 2.18 bits per heavy atom. The van der Waals surface area contributed by atoms with Crippen molar-refractivity contribution in [3.63, 3.8) is 0 Å². The summed E-state index contributed by atoms with van der Waals surface area (Å²) in [6, 6.07) is 0. The Bertz CT molecular complexity index is 455. The van der Waals surface area contributed by atoms with Gasteiger partial charge < -0.3 is 9.88 Å². The number of hydrogen-bond acceptors (Lipinski definition) is 3. The number of aromatic nitrogens is 2. The Kier molecular flexibility index (Phi) is 3.56. The van der Waals surface area contributed by atoms with Gasteiger partial charge in [0.1, 0.15) is 10.3 Å². The number of anilines is 1. The van der Waals surface area contributed by atoms with Crippen molar-refractivity contribution in [3.05, 3.63) is 21.2 Å². The van der Waals surface area contributed by atoms with Gasteiger partial charge in [0, 0.05) is 13.1 Å². The van der Waals surface area contributed by atoms with Crippen LogP contribution >= 0.6 is 15.9 Å². The summed E-state index contributed by atoms with van der Waals surface area (Å²) in [6.07, 6.45) is 4.98. The summed E-state index contributed by atoms with van der Waals surface area (Å²) in [5.74, 6) is 0.770. The van der Waals surface area contributed by atoms with Crippen LogP contribution in [0.15, 0.2) is 15.6 Å². The van der Waals surface area contributed by atoms with Crippen molar-refractivity contribution in [3.8, 4) is 0 Å².